The monoisotopic (exact) mass is 491 g/mol. The summed E-state index contributed by atoms with van der Waals surface area (Å²) in [7, 11) is 1.62. The van der Waals surface area contributed by atoms with Crippen molar-refractivity contribution in [1.82, 2.24) is 10.2 Å². The van der Waals surface area contributed by atoms with E-state index in [0.29, 0.717) is 13.0 Å². The van der Waals surface area contributed by atoms with Crippen LogP contribution in [-0.2, 0) is 11.2 Å². The summed E-state index contributed by atoms with van der Waals surface area (Å²) in [6, 6.07) is 20.1. The van der Waals surface area contributed by atoms with E-state index in [-0.39, 0.29) is 24.6 Å². The molecular formula is C28H30FN3O4. The minimum atomic E-state index is -0.231. The average Bonchev–Trinajstić information content (AvgIpc) is 3.38. The van der Waals surface area contributed by atoms with Crippen molar-refractivity contribution in [3.8, 4) is 17.2 Å². The highest BCUT2D eigenvalue weighted by Crippen LogP contribution is 2.35. The van der Waals surface area contributed by atoms with Crippen molar-refractivity contribution in [2.75, 3.05) is 51.5 Å². The van der Waals surface area contributed by atoms with Gasteiger partial charge in [-0.2, -0.15) is 0 Å². The van der Waals surface area contributed by atoms with Gasteiger partial charge in [-0.25, -0.2) is 4.39 Å². The number of hydrogen-bond acceptors (Lipinski definition) is 6. The zero-order valence-corrected chi connectivity index (χ0v) is 20.3. The number of nitrogens with zero attached hydrogens (tertiary/aromatic N) is 2. The number of fused-ring (bicyclic) bond motifs is 1. The molecule has 8 heteroatoms. The van der Waals surface area contributed by atoms with Gasteiger partial charge < -0.3 is 24.4 Å². The molecule has 2 heterocycles. The summed E-state index contributed by atoms with van der Waals surface area (Å²) in [6.45, 7) is 3.94. The summed E-state index contributed by atoms with van der Waals surface area (Å²) in [5, 5.41) is 3.13. The Bertz CT molecular complexity index is 1180. The number of nitrogens with one attached hydrogen (secondary N) is 1. The van der Waals surface area contributed by atoms with E-state index in [1.807, 2.05) is 54.6 Å². The minimum Gasteiger partial charge on any atom is -0.497 e. The van der Waals surface area contributed by atoms with Crippen LogP contribution in [0.25, 0.3) is 0 Å². The van der Waals surface area contributed by atoms with Crippen LogP contribution in [0.2, 0.25) is 0 Å². The summed E-state index contributed by atoms with van der Waals surface area (Å²) in [4.78, 5) is 17.4. The van der Waals surface area contributed by atoms with Gasteiger partial charge in [-0.3, -0.25) is 9.69 Å². The predicted octanol–water partition coefficient (Wildman–Crippen LogP) is 3.79. The lowest BCUT2D eigenvalue weighted by atomic mass is 10.0. The Kier molecular flexibility index (Phi) is 7.23. The van der Waals surface area contributed by atoms with Crippen LogP contribution in [0.4, 0.5) is 10.1 Å². The van der Waals surface area contributed by atoms with Gasteiger partial charge in [-0.05, 0) is 59.7 Å². The molecule has 1 fully saturated rings. The average molecular weight is 492 g/mol. The highest BCUT2D eigenvalue weighted by Gasteiger charge is 2.27. The van der Waals surface area contributed by atoms with Crippen LogP contribution in [-0.4, -0.2) is 57.4 Å². The number of piperazine rings is 1. The Morgan fingerprint density at radius 2 is 1.69 bits per heavy atom. The van der Waals surface area contributed by atoms with Crippen LogP contribution < -0.4 is 24.4 Å². The third-order valence-electron chi connectivity index (χ3n) is 6.74. The van der Waals surface area contributed by atoms with Gasteiger partial charge >= 0.3 is 0 Å². The quantitative estimate of drug-likeness (QED) is 0.518. The van der Waals surface area contributed by atoms with Crippen molar-refractivity contribution >= 4 is 11.6 Å². The number of halogens is 1. The first-order valence-electron chi connectivity index (χ1n) is 12.1. The highest BCUT2D eigenvalue weighted by molar-refractivity contribution is 5.78. The van der Waals surface area contributed by atoms with Gasteiger partial charge in [-0.15, -0.1) is 0 Å². The van der Waals surface area contributed by atoms with Crippen LogP contribution in [0.3, 0.4) is 0 Å². The molecule has 0 spiro atoms. The van der Waals surface area contributed by atoms with E-state index in [9.17, 15) is 9.18 Å². The number of methoxy groups -OCH3 is 1. The van der Waals surface area contributed by atoms with Crippen LogP contribution in [0.15, 0.2) is 66.7 Å². The summed E-state index contributed by atoms with van der Waals surface area (Å²) < 4.78 is 29.6. The van der Waals surface area contributed by atoms with Crippen molar-refractivity contribution in [3.05, 3.63) is 83.7 Å². The number of carbonyl (C=O) groups is 1. The highest BCUT2D eigenvalue weighted by atomic mass is 19.1. The van der Waals surface area contributed by atoms with Crippen LogP contribution in [0.1, 0.15) is 17.2 Å². The molecule has 0 aromatic heterocycles. The molecule has 5 rings (SSSR count). The first-order valence-corrected chi connectivity index (χ1v) is 12.1. The van der Waals surface area contributed by atoms with Crippen molar-refractivity contribution in [1.29, 1.82) is 0 Å². The smallest absolute Gasteiger partial charge is 0.231 e. The van der Waals surface area contributed by atoms with Crippen molar-refractivity contribution in [2.24, 2.45) is 0 Å². The first-order chi connectivity index (χ1) is 17.6. The SMILES string of the molecule is COc1ccc(CC(=O)NCC(c2ccc3c(c2)OCO3)N2CCN(c3ccc(F)cc3)CC2)cc1. The van der Waals surface area contributed by atoms with Gasteiger partial charge in [0, 0.05) is 38.4 Å². The molecule has 1 unspecified atom stereocenters. The van der Waals surface area contributed by atoms with E-state index < -0.39 is 0 Å². The summed E-state index contributed by atoms with van der Waals surface area (Å²) in [5.74, 6) is 1.97. The second kappa shape index (κ2) is 10.9. The van der Waals surface area contributed by atoms with E-state index in [1.54, 1.807) is 7.11 Å². The maximum atomic E-state index is 13.3. The number of hydrogen-bond donors (Lipinski definition) is 1. The molecule has 36 heavy (non-hydrogen) atoms. The number of anilines is 1. The maximum Gasteiger partial charge on any atom is 0.231 e. The molecule has 3 aromatic carbocycles. The molecule has 0 saturated carbocycles. The molecular weight excluding hydrogens is 461 g/mol. The van der Waals surface area contributed by atoms with E-state index >= 15 is 0 Å². The molecule has 2 aliphatic heterocycles. The first kappa shape index (κ1) is 23.9. The largest absolute Gasteiger partial charge is 0.497 e. The van der Waals surface area contributed by atoms with Crippen LogP contribution in [0.5, 0.6) is 17.2 Å². The molecule has 0 bridgehead atoms. The van der Waals surface area contributed by atoms with Crippen LogP contribution in [0, 0.1) is 5.82 Å². The summed E-state index contributed by atoms with van der Waals surface area (Å²) in [6.07, 6.45) is 0.302. The Morgan fingerprint density at radius 1 is 0.972 bits per heavy atom. The van der Waals surface area contributed by atoms with Crippen molar-refractivity contribution < 1.29 is 23.4 Å². The fraction of sp³-hybridized carbons (Fsp3) is 0.321. The maximum absolute atomic E-state index is 13.3. The molecule has 188 valence electrons. The zero-order chi connectivity index (χ0) is 24.9. The normalized spacial score (nSPS) is 16.0. The second-order valence-electron chi connectivity index (χ2n) is 8.96. The molecule has 2 aliphatic rings. The standard InChI is InChI=1S/C28H30FN3O4/c1-34-24-9-2-20(3-10-24)16-28(33)30-18-25(21-4-11-26-27(17-21)36-19-35-26)32-14-12-31(13-15-32)23-7-5-22(29)6-8-23/h2-11,17,25H,12-16,18-19H2,1H3,(H,30,33). The summed E-state index contributed by atoms with van der Waals surface area (Å²) >= 11 is 0. The van der Waals surface area contributed by atoms with Crippen molar-refractivity contribution in [3.63, 3.8) is 0 Å². The lowest BCUT2D eigenvalue weighted by Crippen LogP contribution is -2.50. The molecule has 1 saturated heterocycles. The Morgan fingerprint density at radius 3 is 2.42 bits per heavy atom. The third-order valence-corrected chi connectivity index (χ3v) is 6.74. The minimum absolute atomic E-state index is 0.0188. The molecule has 3 aromatic rings. The van der Waals surface area contributed by atoms with Gasteiger partial charge in [0.25, 0.3) is 0 Å². The van der Waals surface area contributed by atoms with Gasteiger partial charge in [0.1, 0.15) is 11.6 Å². The van der Waals surface area contributed by atoms with Gasteiger partial charge in [0.15, 0.2) is 11.5 Å². The number of amides is 1. The molecule has 1 amide bonds. The lowest BCUT2D eigenvalue weighted by Gasteiger charge is -2.40. The predicted molar refractivity (Wildman–Crippen MR) is 135 cm³/mol. The molecule has 0 aliphatic carbocycles. The third kappa shape index (κ3) is 5.54. The van der Waals surface area contributed by atoms with Gasteiger partial charge in [0.2, 0.25) is 12.7 Å². The van der Waals surface area contributed by atoms with E-state index in [4.69, 9.17) is 14.2 Å². The van der Waals surface area contributed by atoms with Gasteiger partial charge in [0.05, 0.1) is 19.6 Å². The van der Waals surface area contributed by atoms with E-state index in [2.05, 4.69) is 15.1 Å². The number of rotatable bonds is 8. The van der Waals surface area contributed by atoms with E-state index in [0.717, 1.165) is 60.2 Å². The summed E-state index contributed by atoms with van der Waals surface area (Å²) in [5.41, 5.74) is 3.02. The Balaban J connectivity index is 1.26. The number of carbonyl (C=O) groups excluding carboxylic acids is 1. The molecule has 1 atom stereocenters. The topological polar surface area (TPSA) is 63.3 Å². The Hall–Kier alpha value is -3.78. The molecule has 7 nitrogen and oxygen atoms in total. The lowest BCUT2D eigenvalue weighted by molar-refractivity contribution is -0.120. The van der Waals surface area contributed by atoms with Crippen LogP contribution >= 0.6 is 0 Å². The zero-order valence-electron chi connectivity index (χ0n) is 20.3. The number of benzene rings is 3. The van der Waals surface area contributed by atoms with Crippen molar-refractivity contribution in [2.45, 2.75) is 12.5 Å². The second-order valence-corrected chi connectivity index (χ2v) is 8.96. The van der Waals surface area contributed by atoms with E-state index in [1.165, 1.54) is 12.1 Å². The molecule has 1 N–H and O–H groups in total. The number of ether oxygens (including phenoxy) is 3. The van der Waals surface area contributed by atoms with Gasteiger partial charge in [-0.1, -0.05) is 18.2 Å². The fourth-order valence-corrected chi connectivity index (χ4v) is 4.72. The Labute approximate surface area is 210 Å². The fourth-order valence-electron chi connectivity index (χ4n) is 4.72. The molecule has 0 radical (unpaired) electrons.